The summed E-state index contributed by atoms with van der Waals surface area (Å²) in [4.78, 5) is 95.0. The minimum atomic E-state index is -1.38. The van der Waals surface area contributed by atoms with E-state index in [1.54, 1.807) is 31.2 Å². The zero-order valence-electron chi connectivity index (χ0n) is 32.0. The standard InChI is InChI=1S/C41H51N5O11/c1-2-11-28(36(49)39(51)42-22-31(48)45-34(41(53)54)26-15-7-4-8-16-26)43-38(50)35-37-29-23-46(35)40(52)33(25-13-5-3-6-14-25)44-30(47)21-24-12-9-17-27(20-24)55-19-10-18-32(56-29)57-37/h4,7-9,12,15-17,20,25,28-29,32-35,37H,2-3,5-6,10-11,13-14,18-19,21-23H2,1H3,(H,42,51)(H,43,50)(H,44,47)(H,45,48)(H,53,54)/t28-,29-,32?,33-,34-,35-,37-/m0/s1. The summed E-state index contributed by atoms with van der Waals surface area (Å²) in [5.74, 6) is -5.41. The number of fused-ring (bicyclic) bond motifs is 7. The number of amides is 5. The number of rotatable bonds is 12. The summed E-state index contributed by atoms with van der Waals surface area (Å²) >= 11 is 0. The average Bonchev–Trinajstić information content (AvgIpc) is 3.77. The summed E-state index contributed by atoms with van der Waals surface area (Å²) in [5.41, 5.74) is 1.04. The molecular weight excluding hydrogens is 738 g/mol. The molecule has 4 aliphatic heterocycles. The van der Waals surface area contributed by atoms with Gasteiger partial charge in [-0.05, 0) is 54.9 Å². The largest absolute Gasteiger partial charge is 0.494 e. The minimum absolute atomic E-state index is 0.0107. The third kappa shape index (κ3) is 10.3. The number of carboxylic acids is 1. The van der Waals surface area contributed by atoms with E-state index in [-0.39, 0.29) is 31.2 Å². The topological polar surface area (TPSA) is 219 Å². The van der Waals surface area contributed by atoms with Gasteiger partial charge in [-0.2, -0.15) is 0 Å². The molecule has 1 saturated carbocycles. The van der Waals surface area contributed by atoms with Crippen LogP contribution >= 0.6 is 0 Å². The molecule has 7 rings (SSSR count). The molecule has 3 fully saturated rings. The first-order chi connectivity index (χ1) is 27.5. The van der Waals surface area contributed by atoms with Gasteiger partial charge in [-0.25, -0.2) is 4.79 Å². The highest BCUT2D eigenvalue weighted by Crippen LogP contribution is 2.36. The first kappa shape index (κ1) is 41.3. The predicted molar refractivity (Wildman–Crippen MR) is 202 cm³/mol. The van der Waals surface area contributed by atoms with Crippen LogP contribution in [0.4, 0.5) is 0 Å². The first-order valence-corrected chi connectivity index (χ1v) is 19.8. The van der Waals surface area contributed by atoms with Gasteiger partial charge in [-0.15, -0.1) is 0 Å². The third-order valence-electron chi connectivity index (χ3n) is 10.9. The van der Waals surface area contributed by atoms with Gasteiger partial charge in [0.2, 0.25) is 29.4 Å². The van der Waals surface area contributed by atoms with E-state index in [0.29, 0.717) is 37.2 Å². The number of benzene rings is 2. The van der Waals surface area contributed by atoms with Gasteiger partial charge in [0.1, 0.15) is 30.0 Å². The van der Waals surface area contributed by atoms with Gasteiger partial charge < -0.3 is 45.5 Å². The van der Waals surface area contributed by atoms with E-state index in [1.165, 1.54) is 17.0 Å². The van der Waals surface area contributed by atoms with Gasteiger partial charge in [0.25, 0.3) is 5.91 Å². The van der Waals surface area contributed by atoms with Crippen LogP contribution in [0.3, 0.4) is 0 Å². The second-order valence-electron chi connectivity index (χ2n) is 15.0. The lowest BCUT2D eigenvalue weighted by atomic mass is 9.83. The summed E-state index contributed by atoms with van der Waals surface area (Å²) in [6, 6.07) is 10.4. The smallest absolute Gasteiger partial charge is 0.330 e. The lowest BCUT2D eigenvalue weighted by Gasteiger charge is -2.35. The summed E-state index contributed by atoms with van der Waals surface area (Å²) in [6.45, 7) is 1.43. The molecule has 2 aromatic carbocycles. The van der Waals surface area contributed by atoms with Gasteiger partial charge in [0.05, 0.1) is 32.2 Å². The number of carbonyl (C=O) groups excluding carboxylic acids is 6. The van der Waals surface area contributed by atoms with Crippen LogP contribution in [0.1, 0.15) is 81.9 Å². The highest BCUT2D eigenvalue weighted by atomic mass is 16.7. The van der Waals surface area contributed by atoms with Crippen molar-refractivity contribution in [3.63, 3.8) is 0 Å². The second-order valence-corrected chi connectivity index (χ2v) is 15.0. The molecule has 1 unspecified atom stereocenters. The van der Waals surface area contributed by atoms with E-state index in [4.69, 9.17) is 14.2 Å². The number of ketones is 1. The molecule has 6 bridgehead atoms. The minimum Gasteiger partial charge on any atom is -0.494 e. The Labute approximate surface area is 330 Å². The number of Topliss-reactive ketones (excluding diaryl/α,β-unsaturated/α-hetero) is 1. The maximum atomic E-state index is 14.7. The Morgan fingerprint density at radius 2 is 1.70 bits per heavy atom. The van der Waals surface area contributed by atoms with E-state index in [9.17, 15) is 38.7 Å². The van der Waals surface area contributed by atoms with Crippen LogP contribution < -0.4 is 26.0 Å². The summed E-state index contributed by atoms with van der Waals surface area (Å²) in [5, 5.41) is 19.9. The Balaban J connectivity index is 1.18. The normalized spacial score (nSPS) is 25.0. The van der Waals surface area contributed by atoms with Crippen molar-refractivity contribution in [2.75, 3.05) is 19.7 Å². The Morgan fingerprint density at radius 1 is 0.930 bits per heavy atom. The second kappa shape index (κ2) is 19.2. The van der Waals surface area contributed by atoms with Crippen molar-refractivity contribution in [2.45, 2.75) is 114 Å². The summed E-state index contributed by atoms with van der Waals surface area (Å²) < 4.78 is 18.5. The molecule has 5 aliphatic rings. The molecule has 2 saturated heterocycles. The zero-order valence-corrected chi connectivity index (χ0v) is 32.0. The molecule has 16 heteroatoms. The number of ether oxygens (including phenoxy) is 3. The molecule has 57 heavy (non-hydrogen) atoms. The van der Waals surface area contributed by atoms with E-state index in [0.717, 1.165) is 37.7 Å². The number of nitrogens with zero attached hydrogens (tertiary/aromatic N) is 1. The van der Waals surface area contributed by atoms with Gasteiger partial charge >= 0.3 is 5.97 Å². The fraction of sp³-hybridized carbons (Fsp3) is 0.537. The Morgan fingerprint density at radius 3 is 2.44 bits per heavy atom. The molecule has 5 N–H and O–H groups in total. The third-order valence-corrected chi connectivity index (χ3v) is 10.9. The Bertz CT molecular complexity index is 1800. The van der Waals surface area contributed by atoms with Crippen LogP contribution in [0.5, 0.6) is 5.75 Å². The van der Waals surface area contributed by atoms with Crippen LogP contribution in [0.2, 0.25) is 0 Å². The van der Waals surface area contributed by atoms with Gasteiger partial charge in [0.15, 0.2) is 12.3 Å². The molecule has 5 amide bonds. The number of carbonyl (C=O) groups is 7. The van der Waals surface area contributed by atoms with Crippen molar-refractivity contribution in [1.82, 2.24) is 26.2 Å². The van der Waals surface area contributed by atoms with Gasteiger partial charge in [-0.3, -0.25) is 28.8 Å². The number of aliphatic carboxylic acids is 1. The highest BCUT2D eigenvalue weighted by Gasteiger charge is 2.56. The van der Waals surface area contributed by atoms with Gasteiger partial charge in [-0.1, -0.05) is 75.1 Å². The molecule has 1 aliphatic carbocycles. The zero-order chi connectivity index (χ0) is 40.5. The first-order valence-electron chi connectivity index (χ1n) is 19.8. The monoisotopic (exact) mass is 789 g/mol. The maximum absolute atomic E-state index is 14.7. The average molecular weight is 790 g/mol. The molecule has 4 heterocycles. The van der Waals surface area contributed by atoms with E-state index >= 15 is 0 Å². The number of hydrogen-bond acceptors (Lipinski definition) is 10. The van der Waals surface area contributed by atoms with E-state index < -0.39 is 84.6 Å². The van der Waals surface area contributed by atoms with E-state index in [1.807, 2.05) is 18.2 Å². The fourth-order valence-corrected chi connectivity index (χ4v) is 8.12. The quantitative estimate of drug-likeness (QED) is 0.195. The Kier molecular flexibility index (Phi) is 13.9. The summed E-state index contributed by atoms with van der Waals surface area (Å²) in [6.07, 6.45) is 3.48. The van der Waals surface area contributed by atoms with Crippen molar-refractivity contribution < 1.29 is 52.9 Å². The summed E-state index contributed by atoms with van der Waals surface area (Å²) in [7, 11) is 0. The predicted octanol–water partition coefficient (Wildman–Crippen LogP) is 1.70. The molecule has 7 atom stereocenters. The number of hydrogen-bond donors (Lipinski definition) is 5. The molecule has 0 radical (unpaired) electrons. The maximum Gasteiger partial charge on any atom is 0.330 e. The molecule has 0 spiro atoms. The van der Waals surface area contributed by atoms with Crippen LogP contribution in [-0.2, 0) is 49.5 Å². The number of nitrogens with one attached hydrogen (secondary N) is 4. The highest BCUT2D eigenvalue weighted by molar-refractivity contribution is 6.38. The van der Waals surface area contributed by atoms with E-state index in [2.05, 4.69) is 21.3 Å². The van der Waals surface area contributed by atoms with Crippen molar-refractivity contribution in [1.29, 1.82) is 0 Å². The molecule has 306 valence electrons. The molecular formula is C41H51N5O11. The van der Waals surface area contributed by atoms with Crippen molar-refractivity contribution in [2.24, 2.45) is 5.92 Å². The lowest BCUT2D eigenvalue weighted by Crippen LogP contribution is -2.60. The fourth-order valence-electron chi connectivity index (χ4n) is 8.12. The van der Waals surface area contributed by atoms with Gasteiger partial charge in [0, 0.05) is 6.42 Å². The molecule has 16 nitrogen and oxygen atoms in total. The molecule has 2 aromatic rings. The van der Waals surface area contributed by atoms with Crippen LogP contribution in [0.15, 0.2) is 54.6 Å². The van der Waals surface area contributed by atoms with Crippen molar-refractivity contribution >= 4 is 41.3 Å². The van der Waals surface area contributed by atoms with Crippen molar-refractivity contribution in [3.8, 4) is 5.75 Å². The number of carboxylic acid groups (broad SMARTS) is 1. The van der Waals surface area contributed by atoms with Crippen LogP contribution in [-0.4, -0.2) is 108 Å². The van der Waals surface area contributed by atoms with Crippen molar-refractivity contribution in [3.05, 3.63) is 65.7 Å². The van der Waals surface area contributed by atoms with Crippen LogP contribution in [0, 0.1) is 5.92 Å². The SMILES string of the molecule is CCC[C@H](NC(=O)[C@@H]1[C@H]2OC3CCCOc4cccc(c4)CC(=O)N[C@@H](C4CCCCC4)C(=O)N1C[C@@H]2O3)C(=O)C(=O)NCC(=O)N[C@H](C(=O)O)c1ccccc1. The lowest BCUT2D eigenvalue weighted by molar-refractivity contribution is -0.151. The Hall–Kier alpha value is -5.35. The van der Waals surface area contributed by atoms with Crippen LogP contribution in [0.25, 0.3) is 0 Å². The molecule has 0 aromatic heterocycles.